The molecule has 1 heterocycles. The average Bonchev–Trinajstić information content (AvgIpc) is 2.37. The summed E-state index contributed by atoms with van der Waals surface area (Å²) >= 11 is 0. The van der Waals surface area contributed by atoms with Crippen LogP contribution in [0.3, 0.4) is 0 Å². The topological polar surface area (TPSA) is 15.3 Å². The Balaban J connectivity index is 2.13. The monoisotopic (exact) mass is 240 g/mol. The maximum Gasteiger partial charge on any atom is 0.0107 e. The Bertz CT molecular complexity index is 170. The first-order chi connectivity index (χ1) is 8.38. The number of hydrogen-bond donors (Lipinski definition) is 1. The molecule has 0 radical (unpaired) electrons. The van der Waals surface area contributed by atoms with Gasteiger partial charge in [-0.25, -0.2) is 0 Å². The summed E-state index contributed by atoms with van der Waals surface area (Å²) in [6.07, 6.45) is 12.7. The molecule has 1 aliphatic heterocycles. The van der Waals surface area contributed by atoms with Crippen LogP contribution in [0.15, 0.2) is 0 Å². The van der Waals surface area contributed by atoms with Gasteiger partial charge in [0.25, 0.3) is 0 Å². The van der Waals surface area contributed by atoms with Gasteiger partial charge in [0.2, 0.25) is 0 Å². The zero-order chi connectivity index (χ0) is 12.3. The minimum Gasteiger partial charge on any atom is -0.320 e. The lowest BCUT2D eigenvalue weighted by molar-refractivity contribution is 0.137. The predicted molar refractivity (Wildman–Crippen MR) is 76.5 cm³/mol. The van der Waals surface area contributed by atoms with E-state index in [4.69, 9.17) is 0 Å². The van der Waals surface area contributed by atoms with Crippen molar-refractivity contribution in [2.24, 2.45) is 0 Å². The van der Waals surface area contributed by atoms with Crippen LogP contribution in [0.25, 0.3) is 0 Å². The molecule has 0 aromatic carbocycles. The number of rotatable bonds is 9. The van der Waals surface area contributed by atoms with Crippen molar-refractivity contribution < 1.29 is 0 Å². The number of piperidine rings is 1. The van der Waals surface area contributed by atoms with Crippen LogP contribution < -0.4 is 5.32 Å². The molecular formula is C15H32N2. The summed E-state index contributed by atoms with van der Waals surface area (Å²) in [5, 5.41) is 3.29. The molecule has 1 rings (SSSR count). The molecular weight excluding hydrogens is 208 g/mol. The molecule has 2 heteroatoms. The van der Waals surface area contributed by atoms with Crippen LogP contribution in [-0.2, 0) is 0 Å². The van der Waals surface area contributed by atoms with Crippen molar-refractivity contribution in [3.63, 3.8) is 0 Å². The Morgan fingerprint density at radius 2 is 1.94 bits per heavy atom. The highest BCUT2D eigenvalue weighted by atomic mass is 15.2. The highest BCUT2D eigenvalue weighted by molar-refractivity contribution is 4.77. The van der Waals surface area contributed by atoms with Crippen molar-refractivity contribution in [2.45, 2.75) is 70.8 Å². The zero-order valence-corrected chi connectivity index (χ0v) is 12.0. The van der Waals surface area contributed by atoms with E-state index in [0.717, 1.165) is 6.04 Å². The summed E-state index contributed by atoms with van der Waals surface area (Å²) in [4.78, 5) is 2.76. The Labute approximate surface area is 108 Å². The lowest BCUT2D eigenvalue weighted by atomic mass is 9.98. The van der Waals surface area contributed by atoms with Gasteiger partial charge in [0.05, 0.1) is 0 Å². The van der Waals surface area contributed by atoms with E-state index in [0.29, 0.717) is 0 Å². The van der Waals surface area contributed by atoms with Crippen molar-refractivity contribution in [1.29, 1.82) is 0 Å². The van der Waals surface area contributed by atoms with E-state index in [1.165, 1.54) is 77.4 Å². The minimum atomic E-state index is 0.863. The van der Waals surface area contributed by atoms with Crippen molar-refractivity contribution in [3.05, 3.63) is 0 Å². The summed E-state index contributed by atoms with van der Waals surface area (Å²) in [6.45, 7) is 6.16. The fourth-order valence-electron chi connectivity index (χ4n) is 2.91. The molecule has 0 saturated carbocycles. The summed E-state index contributed by atoms with van der Waals surface area (Å²) < 4.78 is 0. The largest absolute Gasteiger partial charge is 0.320 e. The quantitative estimate of drug-likeness (QED) is 0.621. The summed E-state index contributed by atoms with van der Waals surface area (Å²) in [6, 6.07) is 0.863. The molecule has 0 amide bonds. The number of unbranched alkanes of at least 4 members (excludes halogenated alkanes) is 4. The maximum atomic E-state index is 3.29. The number of nitrogens with zero attached hydrogens (tertiary/aromatic N) is 1. The van der Waals surface area contributed by atoms with Crippen LogP contribution in [0.4, 0.5) is 0 Å². The molecule has 1 aliphatic rings. The third kappa shape index (κ3) is 6.42. The van der Waals surface area contributed by atoms with Crippen LogP contribution >= 0.6 is 0 Å². The fourth-order valence-corrected chi connectivity index (χ4v) is 2.91. The van der Waals surface area contributed by atoms with Gasteiger partial charge >= 0.3 is 0 Å². The van der Waals surface area contributed by atoms with E-state index in [-0.39, 0.29) is 0 Å². The molecule has 0 aromatic heterocycles. The van der Waals surface area contributed by atoms with Gasteiger partial charge in [-0.2, -0.15) is 0 Å². The van der Waals surface area contributed by atoms with Gasteiger partial charge in [-0.1, -0.05) is 39.0 Å². The second kappa shape index (κ2) is 9.90. The number of nitrogens with one attached hydrogen (secondary N) is 1. The number of likely N-dealkylation sites (tertiary alicyclic amines) is 1. The van der Waals surface area contributed by atoms with Crippen LogP contribution in [0.2, 0.25) is 0 Å². The predicted octanol–water partition coefficient (Wildman–Crippen LogP) is 3.42. The van der Waals surface area contributed by atoms with Crippen molar-refractivity contribution in [3.8, 4) is 0 Å². The van der Waals surface area contributed by atoms with E-state index in [9.17, 15) is 0 Å². The van der Waals surface area contributed by atoms with E-state index in [2.05, 4.69) is 24.2 Å². The number of hydrogen-bond acceptors (Lipinski definition) is 2. The molecule has 1 unspecified atom stereocenters. The lowest BCUT2D eigenvalue weighted by Gasteiger charge is -2.35. The van der Waals surface area contributed by atoms with Gasteiger partial charge in [0.15, 0.2) is 0 Å². The van der Waals surface area contributed by atoms with Gasteiger partial charge < -0.3 is 10.2 Å². The van der Waals surface area contributed by atoms with Gasteiger partial charge in [0, 0.05) is 6.04 Å². The third-order valence-electron chi connectivity index (χ3n) is 4.03. The molecule has 1 N–H and O–H groups in total. The third-order valence-corrected chi connectivity index (χ3v) is 4.03. The molecule has 17 heavy (non-hydrogen) atoms. The van der Waals surface area contributed by atoms with E-state index < -0.39 is 0 Å². The van der Waals surface area contributed by atoms with Gasteiger partial charge in [0.1, 0.15) is 0 Å². The van der Waals surface area contributed by atoms with Gasteiger partial charge in [-0.3, -0.25) is 0 Å². The Hall–Kier alpha value is -0.0800. The Morgan fingerprint density at radius 1 is 1.12 bits per heavy atom. The molecule has 1 atom stereocenters. The molecule has 1 fully saturated rings. The molecule has 0 spiro atoms. The van der Waals surface area contributed by atoms with Crippen molar-refractivity contribution >= 4 is 0 Å². The first-order valence-corrected chi connectivity index (χ1v) is 7.77. The molecule has 2 nitrogen and oxygen atoms in total. The normalized spacial score (nSPS) is 21.9. The van der Waals surface area contributed by atoms with Crippen LogP contribution in [0.5, 0.6) is 0 Å². The SMILES string of the molecule is CCCCCCCN1CCCCC1CCNC. The Kier molecular flexibility index (Phi) is 8.72. The molecule has 0 aliphatic carbocycles. The smallest absolute Gasteiger partial charge is 0.0107 e. The van der Waals surface area contributed by atoms with Crippen LogP contribution in [0.1, 0.15) is 64.7 Å². The average molecular weight is 240 g/mol. The summed E-state index contributed by atoms with van der Waals surface area (Å²) in [7, 11) is 2.07. The van der Waals surface area contributed by atoms with Crippen LogP contribution in [0, 0.1) is 0 Å². The molecule has 102 valence electrons. The van der Waals surface area contributed by atoms with Gasteiger partial charge in [-0.15, -0.1) is 0 Å². The second-order valence-electron chi connectivity index (χ2n) is 5.49. The zero-order valence-electron chi connectivity index (χ0n) is 12.0. The fraction of sp³-hybridized carbons (Fsp3) is 1.00. The minimum absolute atomic E-state index is 0.863. The maximum absolute atomic E-state index is 3.29. The first-order valence-electron chi connectivity index (χ1n) is 7.77. The summed E-state index contributed by atoms with van der Waals surface area (Å²) in [5.74, 6) is 0. The second-order valence-corrected chi connectivity index (χ2v) is 5.49. The van der Waals surface area contributed by atoms with Gasteiger partial charge in [-0.05, 0) is 52.4 Å². The van der Waals surface area contributed by atoms with Crippen molar-refractivity contribution in [1.82, 2.24) is 10.2 Å². The highest BCUT2D eigenvalue weighted by Crippen LogP contribution is 2.20. The van der Waals surface area contributed by atoms with E-state index in [1.807, 2.05) is 0 Å². The molecule has 1 saturated heterocycles. The molecule has 0 aromatic rings. The first kappa shape index (κ1) is 15.0. The standard InChI is InChI=1S/C15H32N2/c1-3-4-5-6-8-13-17-14-9-7-10-15(17)11-12-16-2/h15-16H,3-14H2,1-2H3. The Morgan fingerprint density at radius 3 is 2.71 bits per heavy atom. The highest BCUT2D eigenvalue weighted by Gasteiger charge is 2.20. The van der Waals surface area contributed by atoms with E-state index >= 15 is 0 Å². The van der Waals surface area contributed by atoms with Crippen molar-refractivity contribution in [2.75, 3.05) is 26.7 Å². The molecule has 0 bridgehead atoms. The van der Waals surface area contributed by atoms with E-state index in [1.54, 1.807) is 0 Å². The van der Waals surface area contributed by atoms with Crippen LogP contribution in [-0.4, -0.2) is 37.6 Å². The lowest BCUT2D eigenvalue weighted by Crippen LogP contribution is -2.41. The summed E-state index contributed by atoms with van der Waals surface area (Å²) in [5.41, 5.74) is 0.